The molecule has 9 heteroatoms. The summed E-state index contributed by atoms with van der Waals surface area (Å²) in [7, 11) is 0. The Balaban J connectivity index is 1.41. The molecule has 1 fully saturated rings. The van der Waals surface area contributed by atoms with Crippen molar-refractivity contribution in [3.63, 3.8) is 0 Å². The van der Waals surface area contributed by atoms with Crippen LogP contribution >= 0.6 is 0 Å². The number of anilines is 1. The normalized spacial score (nSPS) is 14.3. The van der Waals surface area contributed by atoms with Crippen LogP contribution in [0.15, 0.2) is 54.6 Å². The van der Waals surface area contributed by atoms with E-state index in [4.69, 9.17) is 4.74 Å². The van der Waals surface area contributed by atoms with E-state index in [0.717, 1.165) is 23.3 Å². The SMILES string of the molecule is Cc1nc(-c2cccc(C(F)(F)F)c2)nc(N2CCN(C(=O)COCc3ccccc3)CC2)c1C. The van der Waals surface area contributed by atoms with E-state index in [1.165, 1.54) is 6.07 Å². The number of benzene rings is 2. The monoisotopic (exact) mass is 484 g/mol. The fraction of sp³-hybridized carbons (Fsp3) is 0.346. The van der Waals surface area contributed by atoms with E-state index in [1.54, 1.807) is 11.0 Å². The fourth-order valence-electron chi connectivity index (χ4n) is 3.97. The van der Waals surface area contributed by atoms with E-state index in [-0.39, 0.29) is 18.3 Å². The maximum absolute atomic E-state index is 13.2. The number of alkyl halides is 3. The Morgan fingerprint density at radius 2 is 1.69 bits per heavy atom. The summed E-state index contributed by atoms with van der Waals surface area (Å²) in [5.74, 6) is 0.861. The number of halogens is 3. The van der Waals surface area contributed by atoms with Gasteiger partial charge in [0.05, 0.1) is 12.2 Å². The number of ether oxygens (including phenoxy) is 1. The summed E-state index contributed by atoms with van der Waals surface area (Å²) in [6.07, 6.45) is -4.44. The summed E-state index contributed by atoms with van der Waals surface area (Å²) >= 11 is 0. The number of carbonyl (C=O) groups is 1. The van der Waals surface area contributed by atoms with Crippen molar-refractivity contribution in [2.45, 2.75) is 26.6 Å². The molecule has 1 aliphatic heterocycles. The standard InChI is InChI=1S/C26H27F3N4O2/c1-18-19(2)30-24(21-9-6-10-22(15-21)26(27,28)29)31-25(18)33-13-11-32(12-14-33)23(34)17-35-16-20-7-4-3-5-8-20/h3-10,15H,11-14,16-17H2,1-2H3. The Kier molecular flexibility index (Phi) is 7.35. The maximum Gasteiger partial charge on any atom is 0.416 e. The number of piperazine rings is 1. The van der Waals surface area contributed by atoms with E-state index in [9.17, 15) is 18.0 Å². The van der Waals surface area contributed by atoms with Gasteiger partial charge >= 0.3 is 6.18 Å². The lowest BCUT2D eigenvalue weighted by molar-refractivity contribution is -0.138. The summed E-state index contributed by atoms with van der Waals surface area (Å²) in [5, 5.41) is 0. The highest BCUT2D eigenvalue weighted by Gasteiger charge is 2.31. The second-order valence-electron chi connectivity index (χ2n) is 8.51. The van der Waals surface area contributed by atoms with Gasteiger partial charge in [-0.15, -0.1) is 0 Å². The van der Waals surface area contributed by atoms with E-state index >= 15 is 0 Å². The third kappa shape index (κ3) is 5.97. The van der Waals surface area contributed by atoms with Crippen LogP contribution in [0.5, 0.6) is 0 Å². The Morgan fingerprint density at radius 3 is 2.37 bits per heavy atom. The molecular formula is C26H27F3N4O2. The summed E-state index contributed by atoms with van der Waals surface area (Å²) in [4.78, 5) is 25.4. The largest absolute Gasteiger partial charge is 0.416 e. The van der Waals surface area contributed by atoms with Crippen molar-refractivity contribution >= 4 is 11.7 Å². The first-order valence-corrected chi connectivity index (χ1v) is 11.4. The van der Waals surface area contributed by atoms with Gasteiger partial charge in [0, 0.05) is 43.0 Å². The molecule has 1 aliphatic rings. The average Bonchev–Trinajstić information content (AvgIpc) is 2.86. The average molecular weight is 485 g/mol. The molecule has 0 N–H and O–H groups in total. The van der Waals surface area contributed by atoms with Gasteiger partial charge in [0.25, 0.3) is 0 Å². The van der Waals surface area contributed by atoms with Crippen LogP contribution in [0.2, 0.25) is 0 Å². The Bertz CT molecular complexity index is 1180. The molecular weight excluding hydrogens is 457 g/mol. The van der Waals surface area contributed by atoms with Crippen molar-refractivity contribution in [2.24, 2.45) is 0 Å². The molecule has 0 bridgehead atoms. The zero-order chi connectivity index (χ0) is 25.0. The molecule has 2 heterocycles. The van der Waals surface area contributed by atoms with Crippen LogP contribution in [0.1, 0.15) is 22.4 Å². The fourth-order valence-corrected chi connectivity index (χ4v) is 3.97. The number of aryl methyl sites for hydroxylation is 1. The van der Waals surface area contributed by atoms with Crippen LogP contribution in [-0.2, 0) is 22.3 Å². The molecule has 6 nitrogen and oxygen atoms in total. The topological polar surface area (TPSA) is 58.6 Å². The van der Waals surface area contributed by atoms with Gasteiger partial charge in [0.15, 0.2) is 5.82 Å². The Labute approximate surface area is 202 Å². The molecule has 0 atom stereocenters. The van der Waals surface area contributed by atoms with Gasteiger partial charge in [-0.05, 0) is 31.5 Å². The van der Waals surface area contributed by atoms with E-state index < -0.39 is 11.7 Å². The lowest BCUT2D eigenvalue weighted by Gasteiger charge is -2.36. The smallest absolute Gasteiger partial charge is 0.367 e. The Morgan fingerprint density at radius 1 is 0.971 bits per heavy atom. The molecule has 0 saturated carbocycles. The van der Waals surface area contributed by atoms with Gasteiger partial charge in [-0.25, -0.2) is 9.97 Å². The lowest BCUT2D eigenvalue weighted by atomic mass is 10.1. The van der Waals surface area contributed by atoms with Crippen LogP contribution in [0.4, 0.5) is 19.0 Å². The summed E-state index contributed by atoms with van der Waals surface area (Å²) < 4.78 is 45.1. The molecule has 1 aromatic heterocycles. The number of hydrogen-bond acceptors (Lipinski definition) is 5. The van der Waals surface area contributed by atoms with Gasteiger partial charge in [-0.2, -0.15) is 13.2 Å². The number of aromatic nitrogens is 2. The molecule has 35 heavy (non-hydrogen) atoms. The molecule has 4 rings (SSSR count). The summed E-state index contributed by atoms with van der Waals surface area (Å²) in [5.41, 5.74) is 2.16. The predicted octanol–water partition coefficient (Wildman–Crippen LogP) is 4.64. The van der Waals surface area contributed by atoms with Crippen LogP contribution in [0.3, 0.4) is 0 Å². The highest BCUT2D eigenvalue weighted by atomic mass is 19.4. The van der Waals surface area contributed by atoms with Crippen molar-refractivity contribution in [2.75, 3.05) is 37.7 Å². The quantitative estimate of drug-likeness (QED) is 0.510. The van der Waals surface area contributed by atoms with E-state index in [0.29, 0.717) is 49.9 Å². The summed E-state index contributed by atoms with van der Waals surface area (Å²) in [6.45, 7) is 6.25. The van der Waals surface area contributed by atoms with E-state index in [1.807, 2.05) is 44.2 Å². The van der Waals surface area contributed by atoms with Crippen LogP contribution < -0.4 is 4.90 Å². The molecule has 0 unspecified atom stereocenters. The zero-order valence-corrected chi connectivity index (χ0v) is 19.7. The zero-order valence-electron chi connectivity index (χ0n) is 19.7. The number of nitrogens with zero attached hydrogens (tertiary/aromatic N) is 4. The number of hydrogen-bond donors (Lipinski definition) is 0. The van der Waals surface area contributed by atoms with Crippen molar-refractivity contribution in [3.05, 3.63) is 77.0 Å². The number of amides is 1. The van der Waals surface area contributed by atoms with E-state index in [2.05, 4.69) is 14.9 Å². The molecule has 2 aromatic carbocycles. The maximum atomic E-state index is 13.2. The summed E-state index contributed by atoms with van der Waals surface area (Å²) in [6, 6.07) is 14.7. The first-order valence-electron chi connectivity index (χ1n) is 11.4. The molecule has 0 aliphatic carbocycles. The second kappa shape index (κ2) is 10.4. The minimum absolute atomic E-state index is 0.0141. The van der Waals surface area contributed by atoms with Crippen LogP contribution in [-0.4, -0.2) is 53.6 Å². The minimum Gasteiger partial charge on any atom is -0.367 e. The Hall–Kier alpha value is -3.46. The minimum atomic E-state index is -4.44. The van der Waals surface area contributed by atoms with Crippen molar-refractivity contribution in [1.82, 2.24) is 14.9 Å². The van der Waals surface area contributed by atoms with Crippen molar-refractivity contribution < 1.29 is 22.7 Å². The number of carbonyl (C=O) groups excluding carboxylic acids is 1. The van der Waals surface area contributed by atoms with Crippen molar-refractivity contribution in [1.29, 1.82) is 0 Å². The highest BCUT2D eigenvalue weighted by Crippen LogP contribution is 2.32. The molecule has 184 valence electrons. The lowest BCUT2D eigenvalue weighted by Crippen LogP contribution is -2.50. The third-order valence-electron chi connectivity index (χ3n) is 6.08. The van der Waals surface area contributed by atoms with Gasteiger partial charge < -0.3 is 14.5 Å². The van der Waals surface area contributed by atoms with Crippen LogP contribution in [0, 0.1) is 13.8 Å². The molecule has 3 aromatic rings. The molecule has 1 saturated heterocycles. The molecule has 0 radical (unpaired) electrons. The molecule has 1 amide bonds. The third-order valence-corrected chi connectivity index (χ3v) is 6.08. The first-order chi connectivity index (χ1) is 16.7. The highest BCUT2D eigenvalue weighted by molar-refractivity contribution is 5.77. The van der Waals surface area contributed by atoms with Crippen molar-refractivity contribution in [3.8, 4) is 11.4 Å². The number of rotatable bonds is 6. The van der Waals surface area contributed by atoms with Gasteiger partial charge in [-0.3, -0.25) is 4.79 Å². The predicted molar refractivity (Wildman–Crippen MR) is 127 cm³/mol. The van der Waals surface area contributed by atoms with Gasteiger partial charge in [0.1, 0.15) is 12.4 Å². The molecule has 0 spiro atoms. The second-order valence-corrected chi connectivity index (χ2v) is 8.51. The van der Waals surface area contributed by atoms with Gasteiger partial charge in [0.2, 0.25) is 5.91 Å². The van der Waals surface area contributed by atoms with Crippen LogP contribution in [0.25, 0.3) is 11.4 Å². The first kappa shape index (κ1) is 24.7. The van der Waals surface area contributed by atoms with Gasteiger partial charge in [-0.1, -0.05) is 42.5 Å².